The Labute approximate surface area is 178 Å². The number of carbonyl (C=O) groups excluding carboxylic acids is 1. The molecule has 5 rings (SSSR count). The molecule has 0 radical (unpaired) electrons. The van der Waals surface area contributed by atoms with E-state index in [0.29, 0.717) is 31.7 Å². The van der Waals surface area contributed by atoms with E-state index in [4.69, 9.17) is 0 Å². The zero-order valence-corrected chi connectivity index (χ0v) is 16.8. The lowest BCUT2D eigenvalue weighted by molar-refractivity contribution is 0.0460. The number of aliphatic hydroxyl groups excluding tert-OH is 1. The number of anilines is 1. The number of pyridine rings is 1. The van der Waals surface area contributed by atoms with E-state index < -0.39 is 6.10 Å². The predicted octanol–water partition coefficient (Wildman–Crippen LogP) is 1.81. The number of aromatic nitrogens is 4. The molecule has 1 saturated carbocycles. The smallest absolute Gasteiger partial charge is 0.273 e. The molecule has 1 aliphatic heterocycles. The Morgan fingerprint density at radius 1 is 1.10 bits per heavy atom. The van der Waals surface area contributed by atoms with Gasteiger partial charge in [0.1, 0.15) is 0 Å². The van der Waals surface area contributed by atoms with Crippen molar-refractivity contribution in [2.75, 3.05) is 18.0 Å². The molecule has 2 N–H and O–H groups in total. The number of nitrogens with one attached hydrogen (secondary N) is 1. The number of halogens is 1. The lowest BCUT2D eigenvalue weighted by Gasteiger charge is -2.35. The van der Waals surface area contributed by atoms with Gasteiger partial charge in [0.2, 0.25) is 0 Å². The third kappa shape index (κ3) is 3.88. The lowest BCUT2D eigenvalue weighted by Crippen LogP contribution is -2.49. The number of hydrogen-bond donors (Lipinski definition) is 2. The Morgan fingerprint density at radius 2 is 1.87 bits per heavy atom. The number of benzene rings is 1. The van der Waals surface area contributed by atoms with Crippen LogP contribution in [-0.4, -0.2) is 56.2 Å². The highest BCUT2D eigenvalue weighted by Gasteiger charge is 2.43. The van der Waals surface area contributed by atoms with Crippen molar-refractivity contribution >= 4 is 11.7 Å². The fourth-order valence-electron chi connectivity index (χ4n) is 4.69. The van der Waals surface area contributed by atoms with Crippen LogP contribution >= 0.6 is 0 Å². The van der Waals surface area contributed by atoms with Crippen LogP contribution in [0.4, 0.5) is 10.2 Å². The van der Waals surface area contributed by atoms with Gasteiger partial charge in [0.25, 0.3) is 5.91 Å². The summed E-state index contributed by atoms with van der Waals surface area (Å²) >= 11 is 0. The Hall–Kier alpha value is -3.33. The molecule has 9 heteroatoms. The van der Waals surface area contributed by atoms with Crippen molar-refractivity contribution in [3.05, 3.63) is 66.4 Å². The van der Waals surface area contributed by atoms with E-state index in [-0.39, 0.29) is 35.3 Å². The molecule has 2 fully saturated rings. The maximum Gasteiger partial charge on any atom is 0.273 e. The van der Waals surface area contributed by atoms with E-state index in [9.17, 15) is 14.3 Å². The Bertz CT molecular complexity index is 1070. The van der Waals surface area contributed by atoms with Crippen molar-refractivity contribution in [1.29, 1.82) is 0 Å². The molecule has 0 unspecified atom stereocenters. The molecule has 3 aromatic rings. The number of nitrogens with zero attached hydrogens (tertiary/aromatic N) is 5. The van der Waals surface area contributed by atoms with E-state index in [2.05, 4.69) is 20.6 Å². The normalized spacial score (nSPS) is 25.3. The fraction of sp³-hybridized carbons (Fsp3) is 0.364. The van der Waals surface area contributed by atoms with Gasteiger partial charge in [-0.2, -0.15) is 0 Å². The van der Waals surface area contributed by atoms with E-state index in [1.54, 1.807) is 23.1 Å². The monoisotopic (exact) mass is 422 g/mol. The van der Waals surface area contributed by atoms with Crippen LogP contribution in [0, 0.1) is 17.7 Å². The summed E-state index contributed by atoms with van der Waals surface area (Å²) in [7, 11) is 0. The quantitative estimate of drug-likeness (QED) is 0.666. The molecule has 8 nitrogen and oxygen atoms in total. The molecule has 2 aromatic heterocycles. The van der Waals surface area contributed by atoms with Gasteiger partial charge in [0.15, 0.2) is 17.3 Å². The van der Waals surface area contributed by atoms with Gasteiger partial charge in [-0.1, -0.05) is 23.4 Å². The minimum absolute atomic E-state index is 0.196. The zero-order chi connectivity index (χ0) is 21.4. The van der Waals surface area contributed by atoms with Gasteiger partial charge in [-0.15, -0.1) is 5.10 Å². The van der Waals surface area contributed by atoms with Crippen LogP contribution < -0.4 is 10.2 Å². The first kappa shape index (κ1) is 19.6. The van der Waals surface area contributed by atoms with Crippen LogP contribution in [0.25, 0.3) is 5.69 Å². The lowest BCUT2D eigenvalue weighted by atomic mass is 9.77. The second-order valence-electron chi connectivity index (χ2n) is 8.24. The van der Waals surface area contributed by atoms with Crippen molar-refractivity contribution in [1.82, 2.24) is 25.3 Å². The molecule has 0 bridgehead atoms. The number of para-hydroxylation sites is 1. The summed E-state index contributed by atoms with van der Waals surface area (Å²) in [6.45, 7) is 1.31. The van der Waals surface area contributed by atoms with Crippen molar-refractivity contribution in [3.8, 4) is 5.69 Å². The highest BCUT2D eigenvalue weighted by molar-refractivity contribution is 5.92. The summed E-state index contributed by atoms with van der Waals surface area (Å²) in [5, 5.41) is 21.5. The minimum atomic E-state index is -0.664. The molecular formula is C22H23FN6O2. The Kier molecular flexibility index (Phi) is 5.11. The van der Waals surface area contributed by atoms with Crippen LogP contribution in [0.1, 0.15) is 23.3 Å². The summed E-state index contributed by atoms with van der Waals surface area (Å²) < 4.78 is 15.7. The highest BCUT2D eigenvalue weighted by Crippen LogP contribution is 2.38. The molecule has 31 heavy (non-hydrogen) atoms. The molecule has 1 saturated heterocycles. The summed E-state index contributed by atoms with van der Waals surface area (Å²) in [5.41, 5.74) is 1.00. The first-order valence-corrected chi connectivity index (χ1v) is 10.4. The summed E-state index contributed by atoms with van der Waals surface area (Å²) in [6.07, 6.45) is 3.67. The third-order valence-corrected chi connectivity index (χ3v) is 6.24. The van der Waals surface area contributed by atoms with E-state index in [1.807, 2.05) is 35.2 Å². The number of fused-ring (bicyclic) bond motifs is 1. The van der Waals surface area contributed by atoms with E-state index >= 15 is 0 Å². The SMILES string of the molecule is O=C(N[C@H]1C[C@H]2CN(c3ncccc3F)C[C@H]2C[C@@H]1O)c1cn(-c2ccccc2)nn1. The maximum absolute atomic E-state index is 14.1. The van der Waals surface area contributed by atoms with Crippen molar-refractivity contribution < 1.29 is 14.3 Å². The van der Waals surface area contributed by atoms with E-state index in [1.165, 1.54) is 6.07 Å². The number of rotatable bonds is 4. The van der Waals surface area contributed by atoms with Gasteiger partial charge in [-0.05, 0) is 48.9 Å². The van der Waals surface area contributed by atoms with Crippen molar-refractivity contribution in [3.63, 3.8) is 0 Å². The number of carbonyl (C=O) groups is 1. The van der Waals surface area contributed by atoms with Crippen molar-refractivity contribution in [2.45, 2.75) is 25.0 Å². The van der Waals surface area contributed by atoms with Gasteiger partial charge >= 0.3 is 0 Å². The van der Waals surface area contributed by atoms with Gasteiger partial charge in [0, 0.05) is 19.3 Å². The number of amides is 1. The molecule has 4 atom stereocenters. The van der Waals surface area contributed by atoms with Crippen LogP contribution in [0.5, 0.6) is 0 Å². The van der Waals surface area contributed by atoms with E-state index in [0.717, 1.165) is 5.69 Å². The summed E-state index contributed by atoms with van der Waals surface area (Å²) in [4.78, 5) is 18.8. The van der Waals surface area contributed by atoms with Gasteiger partial charge < -0.3 is 15.3 Å². The van der Waals surface area contributed by atoms with Gasteiger partial charge in [-0.3, -0.25) is 4.79 Å². The first-order chi connectivity index (χ1) is 15.1. The second-order valence-corrected chi connectivity index (χ2v) is 8.24. The second kappa shape index (κ2) is 8.07. The topological polar surface area (TPSA) is 96.2 Å². The third-order valence-electron chi connectivity index (χ3n) is 6.24. The predicted molar refractivity (Wildman–Crippen MR) is 111 cm³/mol. The average molecular weight is 422 g/mol. The molecule has 160 valence electrons. The fourth-order valence-corrected chi connectivity index (χ4v) is 4.69. The first-order valence-electron chi connectivity index (χ1n) is 10.4. The van der Waals surface area contributed by atoms with Gasteiger partial charge in [-0.25, -0.2) is 14.1 Å². The molecule has 1 aromatic carbocycles. The molecule has 1 amide bonds. The average Bonchev–Trinajstić information content (AvgIpc) is 3.42. The highest BCUT2D eigenvalue weighted by atomic mass is 19.1. The Balaban J connectivity index is 1.25. The summed E-state index contributed by atoms with van der Waals surface area (Å²) in [5.74, 6) is 0.131. The van der Waals surface area contributed by atoms with Crippen LogP contribution in [0.2, 0.25) is 0 Å². The Morgan fingerprint density at radius 3 is 2.65 bits per heavy atom. The largest absolute Gasteiger partial charge is 0.391 e. The number of aliphatic hydroxyl groups is 1. The standard InChI is InChI=1S/C22H23FN6O2/c23-17-7-4-8-24-21(17)28-11-14-9-18(20(30)10-15(14)12-28)25-22(31)19-13-29(27-26-19)16-5-2-1-3-6-16/h1-8,13-15,18,20,30H,9-12H2,(H,25,31)/t14-,15+,18-,20-/m0/s1. The number of hydrogen-bond acceptors (Lipinski definition) is 6. The van der Waals surface area contributed by atoms with Crippen LogP contribution in [0.15, 0.2) is 54.9 Å². The van der Waals surface area contributed by atoms with Crippen LogP contribution in [-0.2, 0) is 0 Å². The van der Waals surface area contributed by atoms with Crippen LogP contribution in [0.3, 0.4) is 0 Å². The molecular weight excluding hydrogens is 399 g/mol. The molecule has 3 heterocycles. The minimum Gasteiger partial charge on any atom is -0.391 e. The van der Waals surface area contributed by atoms with Gasteiger partial charge in [0.05, 0.1) is 24.0 Å². The van der Waals surface area contributed by atoms with Crippen molar-refractivity contribution in [2.24, 2.45) is 11.8 Å². The maximum atomic E-state index is 14.1. The zero-order valence-electron chi connectivity index (χ0n) is 16.8. The summed E-state index contributed by atoms with van der Waals surface area (Å²) in [6, 6.07) is 12.0. The molecule has 2 aliphatic rings. The molecule has 1 aliphatic carbocycles. The molecule has 0 spiro atoms.